The number of hydrogen-bond acceptors (Lipinski definition) is 6. The van der Waals surface area contributed by atoms with Crippen molar-refractivity contribution in [2.24, 2.45) is 0 Å². The van der Waals surface area contributed by atoms with Gasteiger partial charge in [0, 0.05) is 29.8 Å². The molecule has 0 saturated carbocycles. The van der Waals surface area contributed by atoms with Crippen LogP contribution in [0.1, 0.15) is 0 Å². The van der Waals surface area contributed by atoms with Gasteiger partial charge in [-0.3, -0.25) is 10.1 Å². The molecule has 0 atom stereocenters. The van der Waals surface area contributed by atoms with Crippen LogP contribution >= 0.6 is 11.8 Å². The SMILES string of the molecule is COc1cccc(N2C=CC(Oc3ccc([N+](=O)[O-])cc3F)=C3SCC=C32)c1. The third-order valence-electron chi connectivity index (χ3n) is 4.27. The first-order valence-corrected chi connectivity index (χ1v) is 9.36. The quantitative estimate of drug-likeness (QED) is 0.522. The molecule has 2 aromatic carbocycles. The van der Waals surface area contributed by atoms with E-state index in [9.17, 15) is 14.5 Å². The molecule has 2 aromatic rings. The van der Waals surface area contributed by atoms with E-state index >= 15 is 0 Å². The average Bonchev–Trinajstić information content (AvgIpc) is 3.20. The second-order valence-corrected chi connectivity index (χ2v) is 6.99. The smallest absolute Gasteiger partial charge is 0.272 e. The van der Waals surface area contributed by atoms with E-state index in [0.717, 1.165) is 33.9 Å². The van der Waals surface area contributed by atoms with Crippen molar-refractivity contribution < 1.29 is 18.8 Å². The number of nitrogens with zero attached hydrogens (tertiary/aromatic N) is 2. The topological polar surface area (TPSA) is 64.8 Å². The van der Waals surface area contributed by atoms with Crippen molar-refractivity contribution in [3.8, 4) is 11.5 Å². The zero-order chi connectivity index (χ0) is 19.7. The lowest BCUT2D eigenvalue weighted by molar-refractivity contribution is -0.385. The summed E-state index contributed by atoms with van der Waals surface area (Å²) in [6, 6.07) is 11.0. The van der Waals surface area contributed by atoms with Crippen LogP contribution in [-0.4, -0.2) is 17.8 Å². The number of non-ortho nitro benzene ring substituents is 1. The molecule has 0 fully saturated rings. The van der Waals surface area contributed by atoms with Crippen LogP contribution in [0.4, 0.5) is 15.8 Å². The normalized spacial score (nSPS) is 15.4. The van der Waals surface area contributed by atoms with Gasteiger partial charge in [0.25, 0.3) is 5.69 Å². The van der Waals surface area contributed by atoms with Gasteiger partial charge in [0.1, 0.15) is 11.5 Å². The third kappa shape index (κ3) is 3.34. The predicted molar refractivity (Wildman–Crippen MR) is 106 cm³/mol. The number of halogens is 1. The van der Waals surface area contributed by atoms with Gasteiger partial charge in [-0.2, -0.15) is 0 Å². The maximum Gasteiger partial charge on any atom is 0.272 e. The van der Waals surface area contributed by atoms with Gasteiger partial charge in [-0.25, -0.2) is 4.39 Å². The van der Waals surface area contributed by atoms with Crippen molar-refractivity contribution in [2.75, 3.05) is 17.8 Å². The molecule has 0 radical (unpaired) electrons. The van der Waals surface area contributed by atoms with Crippen molar-refractivity contribution in [3.63, 3.8) is 0 Å². The first-order chi connectivity index (χ1) is 13.6. The van der Waals surface area contributed by atoms with E-state index in [1.165, 1.54) is 12.1 Å². The third-order valence-corrected chi connectivity index (χ3v) is 5.31. The minimum absolute atomic E-state index is 0.0561. The minimum Gasteiger partial charge on any atom is -0.497 e. The highest BCUT2D eigenvalue weighted by atomic mass is 32.2. The molecule has 4 rings (SSSR count). The van der Waals surface area contributed by atoms with Crippen molar-refractivity contribution >= 4 is 23.1 Å². The Hall–Kier alpha value is -3.26. The van der Waals surface area contributed by atoms with Gasteiger partial charge in [-0.05, 0) is 30.4 Å². The summed E-state index contributed by atoms with van der Waals surface area (Å²) in [5.74, 6) is 1.18. The fourth-order valence-electron chi connectivity index (χ4n) is 2.94. The molecule has 8 heteroatoms. The number of benzene rings is 2. The number of fused-ring (bicyclic) bond motifs is 1. The minimum atomic E-state index is -0.778. The second-order valence-electron chi connectivity index (χ2n) is 5.95. The maximum atomic E-state index is 14.2. The van der Waals surface area contributed by atoms with Gasteiger partial charge in [0.15, 0.2) is 11.6 Å². The molecule has 0 aromatic heterocycles. The van der Waals surface area contributed by atoms with Crippen LogP contribution in [0.2, 0.25) is 0 Å². The molecule has 0 N–H and O–H groups in total. The van der Waals surface area contributed by atoms with Crippen LogP contribution in [0.25, 0.3) is 0 Å². The first-order valence-electron chi connectivity index (χ1n) is 8.37. The van der Waals surface area contributed by atoms with Crippen LogP contribution in [0.3, 0.4) is 0 Å². The van der Waals surface area contributed by atoms with Gasteiger partial charge < -0.3 is 14.4 Å². The Morgan fingerprint density at radius 1 is 1.25 bits per heavy atom. The molecule has 28 heavy (non-hydrogen) atoms. The molecule has 2 aliphatic rings. The number of allylic oxidation sites excluding steroid dienone is 1. The van der Waals surface area contributed by atoms with Crippen LogP contribution in [0, 0.1) is 15.9 Å². The van der Waals surface area contributed by atoms with Gasteiger partial charge in [0.05, 0.1) is 28.7 Å². The summed E-state index contributed by atoms with van der Waals surface area (Å²) in [7, 11) is 1.62. The second kappa shape index (κ2) is 7.40. The van der Waals surface area contributed by atoms with E-state index in [4.69, 9.17) is 9.47 Å². The summed E-state index contributed by atoms with van der Waals surface area (Å²) in [6.07, 6.45) is 5.67. The molecule has 2 heterocycles. The number of hydrogen-bond donors (Lipinski definition) is 0. The Balaban J connectivity index is 1.63. The summed E-state index contributed by atoms with van der Waals surface area (Å²) < 4.78 is 25.3. The number of anilines is 1. The van der Waals surface area contributed by atoms with Gasteiger partial charge in [-0.1, -0.05) is 6.07 Å². The summed E-state index contributed by atoms with van der Waals surface area (Å²) in [5, 5.41) is 10.8. The lowest BCUT2D eigenvalue weighted by Gasteiger charge is -2.27. The molecule has 6 nitrogen and oxygen atoms in total. The highest BCUT2D eigenvalue weighted by Crippen LogP contribution is 2.42. The predicted octanol–water partition coefficient (Wildman–Crippen LogP) is 5.00. The summed E-state index contributed by atoms with van der Waals surface area (Å²) in [6.45, 7) is 0. The number of rotatable bonds is 5. The molecule has 0 aliphatic carbocycles. The first kappa shape index (κ1) is 18.1. The molecule has 0 amide bonds. The molecular weight excluding hydrogens is 383 g/mol. The van der Waals surface area contributed by atoms with Crippen LogP contribution in [-0.2, 0) is 0 Å². The van der Waals surface area contributed by atoms with Crippen LogP contribution in [0.5, 0.6) is 11.5 Å². The van der Waals surface area contributed by atoms with Crippen molar-refractivity contribution in [3.05, 3.63) is 93.1 Å². The number of nitro groups is 1. The Labute approximate surface area is 164 Å². The lowest BCUT2D eigenvalue weighted by atomic mass is 10.2. The molecule has 0 spiro atoms. The number of thioether (sulfide) groups is 1. The lowest BCUT2D eigenvalue weighted by Crippen LogP contribution is -2.20. The van der Waals surface area contributed by atoms with Gasteiger partial charge >= 0.3 is 0 Å². The zero-order valence-electron chi connectivity index (χ0n) is 14.8. The Kier molecular flexibility index (Phi) is 4.79. The van der Waals surface area contributed by atoms with E-state index in [2.05, 4.69) is 6.08 Å². The zero-order valence-corrected chi connectivity index (χ0v) is 15.6. The fourth-order valence-corrected chi connectivity index (χ4v) is 3.93. The van der Waals surface area contributed by atoms with Crippen molar-refractivity contribution in [1.29, 1.82) is 0 Å². The highest BCUT2D eigenvalue weighted by Gasteiger charge is 2.27. The van der Waals surface area contributed by atoms with Crippen molar-refractivity contribution in [2.45, 2.75) is 0 Å². The molecule has 2 aliphatic heterocycles. The monoisotopic (exact) mass is 398 g/mol. The highest BCUT2D eigenvalue weighted by molar-refractivity contribution is 8.03. The molecule has 0 bridgehead atoms. The largest absolute Gasteiger partial charge is 0.497 e. The number of nitro benzene ring substituents is 1. The van der Waals surface area contributed by atoms with Gasteiger partial charge in [0.2, 0.25) is 0 Å². The van der Waals surface area contributed by atoms with Gasteiger partial charge in [-0.15, -0.1) is 11.8 Å². The fraction of sp³-hybridized carbons (Fsp3) is 0.100. The molecule has 0 saturated heterocycles. The van der Waals surface area contributed by atoms with Crippen molar-refractivity contribution in [1.82, 2.24) is 0 Å². The molecule has 0 unspecified atom stereocenters. The summed E-state index contributed by atoms with van der Waals surface area (Å²) in [5.41, 5.74) is 1.56. The number of methoxy groups -OCH3 is 1. The van der Waals surface area contributed by atoms with E-state index in [-0.39, 0.29) is 11.4 Å². The van der Waals surface area contributed by atoms with E-state index in [0.29, 0.717) is 5.76 Å². The Bertz CT molecular complexity index is 1050. The molecule has 142 valence electrons. The maximum absolute atomic E-state index is 14.2. The average molecular weight is 398 g/mol. The summed E-state index contributed by atoms with van der Waals surface area (Å²) in [4.78, 5) is 13.0. The standard InChI is InChI=1S/C20H15FN2O4S/c1-26-15-4-2-3-13(11-15)22-9-7-19(20-17(22)8-10-28-20)27-18-6-5-14(23(24)25)12-16(18)21/h2-9,11-12H,10H2,1H3. The Morgan fingerprint density at radius 2 is 2.11 bits per heavy atom. The van der Waals surface area contributed by atoms with E-state index in [1.807, 2.05) is 35.4 Å². The van der Waals surface area contributed by atoms with E-state index in [1.54, 1.807) is 24.9 Å². The van der Waals surface area contributed by atoms with Crippen LogP contribution < -0.4 is 14.4 Å². The number of ether oxygens (including phenoxy) is 2. The Morgan fingerprint density at radius 3 is 2.86 bits per heavy atom. The molecular formula is C20H15FN2O4S. The van der Waals surface area contributed by atoms with E-state index < -0.39 is 10.7 Å². The summed E-state index contributed by atoms with van der Waals surface area (Å²) >= 11 is 1.58. The van der Waals surface area contributed by atoms with Crippen LogP contribution in [0.15, 0.2) is 77.2 Å².